The summed E-state index contributed by atoms with van der Waals surface area (Å²) in [5, 5.41) is 2.62. The lowest BCUT2D eigenvalue weighted by atomic mass is 10.1. The second-order valence-corrected chi connectivity index (χ2v) is 3.50. The molecule has 3 aromatic rings. The molecule has 0 saturated heterocycles. The van der Waals surface area contributed by atoms with Gasteiger partial charge in [-0.05, 0) is 10.8 Å². The molecular weight excluding hydrogens is 192 g/mol. The van der Waals surface area contributed by atoms with E-state index in [4.69, 9.17) is 0 Å². The second-order valence-electron chi connectivity index (χ2n) is 3.50. The predicted octanol–water partition coefficient (Wildman–Crippen LogP) is 4.53. The second kappa shape index (κ2) is 5.72. The van der Waals surface area contributed by atoms with Crippen LogP contribution in [0.3, 0.4) is 0 Å². The number of rotatable bonds is 0. The van der Waals surface area contributed by atoms with Crippen LogP contribution in [0.15, 0.2) is 84.9 Å². The van der Waals surface area contributed by atoms with Crippen molar-refractivity contribution < 1.29 is 0 Å². The van der Waals surface area contributed by atoms with E-state index in [1.54, 1.807) is 0 Å². The lowest BCUT2D eigenvalue weighted by molar-refractivity contribution is 1.72. The summed E-state index contributed by atoms with van der Waals surface area (Å²) in [6.07, 6.45) is 0. The summed E-state index contributed by atoms with van der Waals surface area (Å²) in [4.78, 5) is 0. The van der Waals surface area contributed by atoms with Crippen LogP contribution in [-0.4, -0.2) is 0 Å². The maximum Gasteiger partial charge on any atom is -0.0184 e. The van der Waals surface area contributed by atoms with E-state index in [-0.39, 0.29) is 0 Å². The molecule has 0 aliphatic rings. The molecule has 0 atom stereocenters. The van der Waals surface area contributed by atoms with Gasteiger partial charge in [-0.3, -0.25) is 0 Å². The van der Waals surface area contributed by atoms with E-state index in [1.807, 2.05) is 36.4 Å². The average Bonchev–Trinajstić information content (AvgIpc) is 2.42. The minimum absolute atomic E-state index is 1.31. The molecule has 0 aliphatic heterocycles. The van der Waals surface area contributed by atoms with Crippen molar-refractivity contribution in [2.24, 2.45) is 0 Å². The average molecular weight is 206 g/mol. The van der Waals surface area contributed by atoms with Crippen LogP contribution in [0.5, 0.6) is 0 Å². The highest BCUT2D eigenvalue weighted by molar-refractivity contribution is 5.81. The number of hydrogen-bond donors (Lipinski definition) is 0. The van der Waals surface area contributed by atoms with Crippen LogP contribution in [0.25, 0.3) is 10.8 Å². The zero-order chi connectivity index (χ0) is 11.1. The summed E-state index contributed by atoms with van der Waals surface area (Å²) in [6.45, 7) is 0. The van der Waals surface area contributed by atoms with Crippen molar-refractivity contribution in [3.8, 4) is 0 Å². The number of hydrogen-bond acceptors (Lipinski definition) is 0. The van der Waals surface area contributed by atoms with Crippen LogP contribution < -0.4 is 0 Å². The van der Waals surface area contributed by atoms with Crippen molar-refractivity contribution in [2.75, 3.05) is 0 Å². The molecule has 0 saturated carbocycles. The highest BCUT2D eigenvalue weighted by Gasteiger charge is 1.85. The molecule has 0 radical (unpaired) electrons. The van der Waals surface area contributed by atoms with Gasteiger partial charge >= 0.3 is 0 Å². The summed E-state index contributed by atoms with van der Waals surface area (Å²) in [5.74, 6) is 0. The minimum atomic E-state index is 1.31. The quantitative estimate of drug-likeness (QED) is 0.507. The van der Waals surface area contributed by atoms with Gasteiger partial charge in [0.05, 0.1) is 0 Å². The van der Waals surface area contributed by atoms with E-state index >= 15 is 0 Å². The lowest BCUT2D eigenvalue weighted by Gasteiger charge is -1.92. The highest BCUT2D eigenvalue weighted by atomic mass is 13.9. The summed E-state index contributed by atoms with van der Waals surface area (Å²) in [5.41, 5.74) is 0. The van der Waals surface area contributed by atoms with Crippen molar-refractivity contribution in [2.45, 2.75) is 0 Å². The molecule has 0 bridgehead atoms. The van der Waals surface area contributed by atoms with Crippen LogP contribution in [0.2, 0.25) is 0 Å². The van der Waals surface area contributed by atoms with Crippen LogP contribution in [0, 0.1) is 0 Å². The fourth-order valence-corrected chi connectivity index (χ4v) is 1.52. The van der Waals surface area contributed by atoms with Gasteiger partial charge in [-0.25, -0.2) is 0 Å². The first-order valence-corrected chi connectivity index (χ1v) is 5.40. The molecule has 3 aromatic carbocycles. The van der Waals surface area contributed by atoms with Gasteiger partial charge in [0.2, 0.25) is 0 Å². The third kappa shape index (κ3) is 2.96. The molecule has 0 spiro atoms. The molecule has 0 fully saturated rings. The maximum absolute atomic E-state index is 2.12. The molecule has 0 unspecified atom stereocenters. The molecule has 0 amide bonds. The van der Waals surface area contributed by atoms with Crippen LogP contribution in [-0.2, 0) is 0 Å². The molecule has 16 heavy (non-hydrogen) atoms. The molecular formula is C16H14. The van der Waals surface area contributed by atoms with Crippen molar-refractivity contribution in [1.82, 2.24) is 0 Å². The van der Waals surface area contributed by atoms with Gasteiger partial charge in [-0.2, -0.15) is 0 Å². The van der Waals surface area contributed by atoms with Gasteiger partial charge in [0, 0.05) is 0 Å². The Hall–Kier alpha value is -2.08. The van der Waals surface area contributed by atoms with Gasteiger partial charge in [0.25, 0.3) is 0 Å². The first-order valence-electron chi connectivity index (χ1n) is 5.40. The monoisotopic (exact) mass is 206 g/mol. The Bertz CT molecular complexity index is 434. The fraction of sp³-hybridized carbons (Fsp3) is 0. The minimum Gasteiger partial charge on any atom is -0.0623 e. The Labute approximate surface area is 96.2 Å². The smallest absolute Gasteiger partial charge is 0.0184 e. The summed E-state index contributed by atoms with van der Waals surface area (Å²) < 4.78 is 0. The molecule has 3 rings (SSSR count). The molecule has 0 aromatic heterocycles. The van der Waals surface area contributed by atoms with Crippen molar-refractivity contribution in [3.05, 3.63) is 84.9 Å². The van der Waals surface area contributed by atoms with Crippen molar-refractivity contribution in [3.63, 3.8) is 0 Å². The Morgan fingerprint density at radius 3 is 0.812 bits per heavy atom. The van der Waals surface area contributed by atoms with E-state index in [0.29, 0.717) is 0 Å². The summed E-state index contributed by atoms with van der Waals surface area (Å²) in [7, 11) is 0. The van der Waals surface area contributed by atoms with Gasteiger partial charge in [-0.15, -0.1) is 0 Å². The topological polar surface area (TPSA) is 0 Å². The zero-order valence-corrected chi connectivity index (χ0v) is 9.08. The van der Waals surface area contributed by atoms with Gasteiger partial charge in [0.1, 0.15) is 0 Å². The molecule has 0 N–H and O–H groups in total. The van der Waals surface area contributed by atoms with Gasteiger partial charge < -0.3 is 0 Å². The zero-order valence-electron chi connectivity index (χ0n) is 9.08. The number of benzene rings is 3. The first-order chi connectivity index (χ1) is 7.97. The van der Waals surface area contributed by atoms with Crippen molar-refractivity contribution in [1.29, 1.82) is 0 Å². The largest absolute Gasteiger partial charge is 0.0623 e. The van der Waals surface area contributed by atoms with Crippen LogP contribution in [0.4, 0.5) is 0 Å². The molecule has 0 nitrogen and oxygen atoms in total. The Morgan fingerprint density at radius 2 is 0.562 bits per heavy atom. The van der Waals surface area contributed by atoms with Crippen LogP contribution >= 0.6 is 0 Å². The van der Waals surface area contributed by atoms with E-state index in [2.05, 4.69) is 48.5 Å². The highest BCUT2D eigenvalue weighted by Crippen LogP contribution is 2.11. The van der Waals surface area contributed by atoms with E-state index < -0.39 is 0 Å². The Balaban J connectivity index is 0.000000138. The van der Waals surface area contributed by atoms with Gasteiger partial charge in [-0.1, -0.05) is 84.9 Å². The molecule has 0 heterocycles. The fourth-order valence-electron chi connectivity index (χ4n) is 1.52. The number of fused-ring (bicyclic) bond motifs is 1. The Morgan fingerprint density at radius 1 is 0.312 bits per heavy atom. The first kappa shape index (κ1) is 10.4. The summed E-state index contributed by atoms with van der Waals surface area (Å²) in [6, 6.07) is 28.7. The Kier molecular flexibility index (Phi) is 3.73. The van der Waals surface area contributed by atoms with Crippen LogP contribution in [0.1, 0.15) is 0 Å². The van der Waals surface area contributed by atoms with Crippen molar-refractivity contribution >= 4 is 10.8 Å². The van der Waals surface area contributed by atoms with E-state index in [1.165, 1.54) is 10.8 Å². The SMILES string of the molecule is c1ccc2ccccc2c1.c1ccccc1. The molecule has 78 valence electrons. The lowest BCUT2D eigenvalue weighted by Crippen LogP contribution is -1.67. The maximum atomic E-state index is 2.12. The third-order valence-corrected chi connectivity index (χ3v) is 2.33. The predicted molar refractivity (Wildman–Crippen MR) is 70.4 cm³/mol. The molecule has 0 heteroatoms. The third-order valence-electron chi connectivity index (χ3n) is 2.33. The normalized spacial score (nSPS) is 9.25. The van der Waals surface area contributed by atoms with E-state index in [9.17, 15) is 0 Å². The summed E-state index contributed by atoms with van der Waals surface area (Å²) >= 11 is 0. The van der Waals surface area contributed by atoms with E-state index in [0.717, 1.165) is 0 Å². The standard InChI is InChI=1S/C10H8.C6H6/c1-2-6-10-8-4-3-7-9(10)5-1;1-2-4-6-5-3-1/h1-8H;1-6H. The van der Waals surface area contributed by atoms with Gasteiger partial charge in [0.15, 0.2) is 0 Å². The molecule has 0 aliphatic carbocycles.